The molecule has 2 rings (SSSR count). The summed E-state index contributed by atoms with van der Waals surface area (Å²) in [5, 5.41) is 18.6. The van der Waals surface area contributed by atoms with Gasteiger partial charge in [0.2, 0.25) is 0 Å². The molecule has 0 bridgehead atoms. The van der Waals surface area contributed by atoms with E-state index in [1.807, 2.05) is 0 Å². The third-order valence-electron chi connectivity index (χ3n) is 2.60. The summed E-state index contributed by atoms with van der Waals surface area (Å²) in [5.41, 5.74) is 4.86. The highest BCUT2D eigenvalue weighted by molar-refractivity contribution is 9.10. The maximum absolute atomic E-state index is 11.7. The molecule has 4 N–H and O–H groups in total. The van der Waals surface area contributed by atoms with Crippen LogP contribution in [0.15, 0.2) is 15.5 Å². The van der Waals surface area contributed by atoms with Gasteiger partial charge in [-0.3, -0.25) is 4.57 Å². The Morgan fingerprint density at radius 2 is 2.41 bits per heavy atom. The SMILES string of the molecule is Nc1cc(Br)n([C@H]2CC(O)[C@@H](CO)O2)c(=O)n1. The largest absolute Gasteiger partial charge is 0.394 e. The highest BCUT2D eigenvalue weighted by Gasteiger charge is 2.35. The maximum Gasteiger partial charge on any atom is 0.352 e. The smallest absolute Gasteiger partial charge is 0.352 e. The second-order valence-electron chi connectivity index (χ2n) is 3.77. The van der Waals surface area contributed by atoms with Crippen molar-refractivity contribution in [3.05, 3.63) is 21.2 Å². The fourth-order valence-electron chi connectivity index (χ4n) is 1.78. The number of hydrogen-bond donors (Lipinski definition) is 3. The molecular weight excluding hydrogens is 294 g/mol. The first-order valence-corrected chi connectivity index (χ1v) is 5.81. The lowest BCUT2D eigenvalue weighted by molar-refractivity contribution is -0.0466. The van der Waals surface area contributed by atoms with E-state index in [9.17, 15) is 9.90 Å². The van der Waals surface area contributed by atoms with Gasteiger partial charge in [0, 0.05) is 12.5 Å². The Morgan fingerprint density at radius 1 is 1.71 bits per heavy atom. The van der Waals surface area contributed by atoms with E-state index in [2.05, 4.69) is 20.9 Å². The van der Waals surface area contributed by atoms with Gasteiger partial charge in [0.15, 0.2) is 0 Å². The highest BCUT2D eigenvalue weighted by atomic mass is 79.9. The number of nitrogens with zero attached hydrogens (tertiary/aromatic N) is 2. The zero-order valence-electron chi connectivity index (χ0n) is 8.78. The molecule has 1 fully saturated rings. The third-order valence-corrected chi connectivity index (χ3v) is 3.21. The minimum absolute atomic E-state index is 0.107. The van der Waals surface area contributed by atoms with E-state index in [0.717, 1.165) is 0 Å². The molecule has 2 heterocycles. The van der Waals surface area contributed by atoms with Crippen molar-refractivity contribution >= 4 is 21.7 Å². The molecule has 1 aromatic rings. The summed E-state index contributed by atoms with van der Waals surface area (Å²) in [4.78, 5) is 15.3. The molecule has 17 heavy (non-hydrogen) atoms. The van der Waals surface area contributed by atoms with Crippen molar-refractivity contribution in [1.29, 1.82) is 0 Å². The van der Waals surface area contributed by atoms with Crippen molar-refractivity contribution in [3.8, 4) is 0 Å². The molecule has 1 aliphatic rings. The monoisotopic (exact) mass is 305 g/mol. The van der Waals surface area contributed by atoms with E-state index in [-0.39, 0.29) is 18.8 Å². The zero-order chi connectivity index (χ0) is 12.6. The number of halogens is 1. The lowest BCUT2D eigenvalue weighted by Crippen LogP contribution is -2.29. The Labute approximate surface area is 105 Å². The average Bonchev–Trinajstić information content (AvgIpc) is 2.57. The van der Waals surface area contributed by atoms with Gasteiger partial charge in [-0.15, -0.1) is 0 Å². The summed E-state index contributed by atoms with van der Waals surface area (Å²) in [6, 6.07) is 1.48. The van der Waals surface area contributed by atoms with Crippen LogP contribution in [0.2, 0.25) is 0 Å². The van der Waals surface area contributed by atoms with Gasteiger partial charge in [-0.25, -0.2) is 4.79 Å². The molecule has 1 unspecified atom stereocenters. The molecule has 0 amide bonds. The first-order chi connectivity index (χ1) is 8.02. The fraction of sp³-hybridized carbons (Fsp3) is 0.556. The van der Waals surface area contributed by atoms with Gasteiger partial charge in [0.1, 0.15) is 18.1 Å². The molecule has 3 atom stereocenters. The third kappa shape index (κ3) is 2.34. The van der Waals surface area contributed by atoms with Crippen LogP contribution in [-0.2, 0) is 4.74 Å². The van der Waals surface area contributed by atoms with Crippen molar-refractivity contribution in [2.75, 3.05) is 12.3 Å². The predicted molar refractivity (Wildman–Crippen MR) is 62.2 cm³/mol. The Kier molecular flexibility index (Phi) is 3.48. The minimum Gasteiger partial charge on any atom is -0.394 e. The van der Waals surface area contributed by atoms with Gasteiger partial charge in [0.25, 0.3) is 0 Å². The number of ether oxygens (including phenoxy) is 1. The van der Waals surface area contributed by atoms with Crippen LogP contribution in [0.1, 0.15) is 12.6 Å². The lowest BCUT2D eigenvalue weighted by Gasteiger charge is -2.16. The number of anilines is 1. The molecule has 7 nitrogen and oxygen atoms in total. The predicted octanol–water partition coefficient (Wildman–Crippen LogP) is -0.771. The Bertz CT molecular complexity index is 478. The van der Waals surface area contributed by atoms with E-state index in [1.165, 1.54) is 10.6 Å². The topological polar surface area (TPSA) is 111 Å². The summed E-state index contributed by atoms with van der Waals surface area (Å²) in [7, 11) is 0. The minimum atomic E-state index is -0.804. The molecule has 8 heteroatoms. The van der Waals surface area contributed by atoms with Crippen molar-refractivity contribution in [2.24, 2.45) is 0 Å². The van der Waals surface area contributed by atoms with Crippen LogP contribution in [0.3, 0.4) is 0 Å². The van der Waals surface area contributed by atoms with Gasteiger partial charge in [-0.05, 0) is 15.9 Å². The quantitative estimate of drug-likeness (QED) is 0.619. The summed E-state index contributed by atoms with van der Waals surface area (Å²) < 4.78 is 7.03. The van der Waals surface area contributed by atoms with Crippen molar-refractivity contribution in [1.82, 2.24) is 9.55 Å². The summed E-state index contributed by atoms with van der Waals surface area (Å²) in [5.74, 6) is 0.107. The molecule has 1 saturated heterocycles. The van der Waals surface area contributed by atoms with Gasteiger partial charge >= 0.3 is 5.69 Å². The van der Waals surface area contributed by atoms with Crippen molar-refractivity contribution < 1.29 is 14.9 Å². The Hall–Kier alpha value is -0.960. The molecule has 0 saturated carbocycles. The molecule has 0 spiro atoms. The molecule has 0 aromatic carbocycles. The zero-order valence-corrected chi connectivity index (χ0v) is 10.4. The molecule has 0 radical (unpaired) electrons. The molecular formula is C9H12BrN3O4. The number of aliphatic hydroxyl groups is 2. The number of nitrogen functional groups attached to an aromatic ring is 1. The van der Waals surface area contributed by atoms with Gasteiger partial charge in [-0.1, -0.05) is 0 Å². The van der Waals surface area contributed by atoms with Gasteiger partial charge in [0.05, 0.1) is 17.3 Å². The molecule has 1 aromatic heterocycles. The highest BCUT2D eigenvalue weighted by Crippen LogP contribution is 2.29. The first-order valence-electron chi connectivity index (χ1n) is 5.02. The van der Waals surface area contributed by atoms with Gasteiger partial charge < -0.3 is 20.7 Å². The second kappa shape index (κ2) is 4.73. The normalized spacial score (nSPS) is 28.5. The van der Waals surface area contributed by atoms with Crippen LogP contribution >= 0.6 is 15.9 Å². The number of rotatable bonds is 2. The molecule has 1 aliphatic heterocycles. The van der Waals surface area contributed by atoms with Crippen molar-refractivity contribution in [2.45, 2.75) is 24.9 Å². The first kappa shape index (κ1) is 12.5. The standard InChI is InChI=1S/C9H12BrN3O4/c10-6-2-7(11)12-9(16)13(6)8-1-4(15)5(3-14)17-8/h2,4-5,8,14-15H,1,3H2,(H2,11,12,16)/t4?,5-,8-/m1/s1. The molecule has 94 valence electrons. The Balaban J connectivity index is 2.34. The lowest BCUT2D eigenvalue weighted by atomic mass is 10.2. The van der Waals surface area contributed by atoms with E-state index < -0.39 is 24.1 Å². The van der Waals surface area contributed by atoms with Crippen LogP contribution in [0.25, 0.3) is 0 Å². The van der Waals surface area contributed by atoms with Crippen LogP contribution < -0.4 is 11.4 Å². The Morgan fingerprint density at radius 3 is 2.94 bits per heavy atom. The van der Waals surface area contributed by atoms with Crippen LogP contribution in [0, 0.1) is 0 Å². The number of aromatic nitrogens is 2. The van der Waals surface area contributed by atoms with E-state index in [1.54, 1.807) is 0 Å². The number of nitrogens with two attached hydrogens (primary N) is 1. The second-order valence-corrected chi connectivity index (χ2v) is 4.58. The summed E-state index contributed by atoms with van der Waals surface area (Å²) >= 11 is 3.19. The fourth-order valence-corrected chi connectivity index (χ4v) is 2.39. The van der Waals surface area contributed by atoms with Crippen LogP contribution in [0.4, 0.5) is 5.82 Å². The maximum atomic E-state index is 11.7. The van der Waals surface area contributed by atoms with Crippen LogP contribution in [0.5, 0.6) is 0 Å². The summed E-state index contributed by atoms with van der Waals surface area (Å²) in [6.45, 7) is -0.299. The van der Waals surface area contributed by atoms with Crippen molar-refractivity contribution in [3.63, 3.8) is 0 Å². The van der Waals surface area contributed by atoms with E-state index >= 15 is 0 Å². The average molecular weight is 306 g/mol. The van der Waals surface area contributed by atoms with Crippen LogP contribution in [-0.4, -0.2) is 38.6 Å². The number of hydrogen-bond acceptors (Lipinski definition) is 6. The summed E-state index contributed by atoms with van der Waals surface area (Å²) in [6.07, 6.45) is -1.93. The van der Waals surface area contributed by atoms with E-state index in [0.29, 0.717) is 4.60 Å². The molecule has 0 aliphatic carbocycles. The van der Waals surface area contributed by atoms with Gasteiger partial charge in [-0.2, -0.15) is 4.98 Å². The number of aliphatic hydroxyl groups excluding tert-OH is 2. The van der Waals surface area contributed by atoms with E-state index in [4.69, 9.17) is 15.6 Å².